The van der Waals surface area contributed by atoms with Crippen molar-refractivity contribution in [1.82, 2.24) is 0 Å². The van der Waals surface area contributed by atoms with E-state index in [1.165, 1.54) is 17.0 Å². The molecule has 8 heteroatoms. The molecule has 0 spiro atoms. The number of benzene rings is 1. The van der Waals surface area contributed by atoms with Crippen LogP contribution in [0.4, 0.5) is 11.4 Å². The summed E-state index contributed by atoms with van der Waals surface area (Å²) in [5, 5.41) is 15.7. The highest BCUT2D eigenvalue weighted by Crippen LogP contribution is 2.16. The van der Waals surface area contributed by atoms with E-state index < -0.39 is 4.92 Å². The lowest BCUT2D eigenvalue weighted by Crippen LogP contribution is -3.12. The lowest BCUT2D eigenvalue weighted by molar-refractivity contribution is -0.908. The first-order valence-electron chi connectivity index (χ1n) is 8.62. The van der Waals surface area contributed by atoms with E-state index in [-0.39, 0.29) is 17.7 Å². The number of non-ortho nitro benzene ring substituents is 1. The van der Waals surface area contributed by atoms with E-state index in [1.54, 1.807) is 23.5 Å². The van der Waals surface area contributed by atoms with Crippen molar-refractivity contribution >= 4 is 28.6 Å². The maximum atomic E-state index is 12.5. The highest BCUT2D eigenvalue weighted by Gasteiger charge is 2.24. The van der Waals surface area contributed by atoms with Gasteiger partial charge in [-0.2, -0.15) is 0 Å². The number of nitro groups is 1. The molecule has 1 aromatic carbocycles. The van der Waals surface area contributed by atoms with Crippen LogP contribution in [0.1, 0.15) is 17.7 Å². The Morgan fingerprint density at radius 1 is 1.38 bits per heavy atom. The molecule has 0 aliphatic carbocycles. The average Bonchev–Trinajstić information content (AvgIpc) is 3.29. The summed E-state index contributed by atoms with van der Waals surface area (Å²) in [6.07, 6.45) is 2.28. The Balaban J connectivity index is 1.62. The Morgan fingerprint density at radius 2 is 2.27 bits per heavy atom. The number of ether oxygens (including phenoxy) is 1. The van der Waals surface area contributed by atoms with Gasteiger partial charge in [0.2, 0.25) is 0 Å². The van der Waals surface area contributed by atoms with Crippen molar-refractivity contribution < 1.29 is 19.4 Å². The van der Waals surface area contributed by atoms with Crippen LogP contribution in [0.25, 0.3) is 0 Å². The zero-order chi connectivity index (χ0) is 18.4. The molecule has 0 saturated carbocycles. The second kappa shape index (κ2) is 8.88. The molecule has 1 aliphatic heterocycles. The fourth-order valence-corrected chi connectivity index (χ4v) is 3.90. The third-order valence-corrected chi connectivity index (χ3v) is 5.17. The largest absolute Gasteiger partial charge is 0.372 e. The topological polar surface area (TPSA) is 85.9 Å². The number of carbonyl (C=O) groups is 1. The summed E-state index contributed by atoms with van der Waals surface area (Å²) in [6.45, 7) is 2.62. The van der Waals surface area contributed by atoms with Gasteiger partial charge in [0.15, 0.2) is 6.54 Å². The SMILES string of the molecule is O=C(C[NH+](Cc1cccs1)C[C@@H]1CCCO1)Nc1cccc([N+](=O)[O-])c1. The molecular formula is C18H22N3O4S+. The number of anilines is 1. The second-order valence-corrected chi connectivity index (χ2v) is 7.41. The molecule has 2 aromatic rings. The van der Waals surface area contributed by atoms with E-state index in [1.807, 2.05) is 11.4 Å². The molecule has 7 nitrogen and oxygen atoms in total. The van der Waals surface area contributed by atoms with E-state index in [0.29, 0.717) is 12.2 Å². The molecule has 1 saturated heterocycles. The molecule has 1 aromatic heterocycles. The van der Waals surface area contributed by atoms with Crippen LogP contribution in [0.5, 0.6) is 0 Å². The quantitative estimate of drug-likeness (QED) is 0.544. The Morgan fingerprint density at radius 3 is 2.96 bits per heavy atom. The maximum absolute atomic E-state index is 12.5. The van der Waals surface area contributed by atoms with Crippen molar-refractivity contribution in [3.05, 3.63) is 56.8 Å². The third-order valence-electron chi connectivity index (χ3n) is 4.30. The first kappa shape index (κ1) is 18.5. The molecule has 2 heterocycles. The molecule has 2 N–H and O–H groups in total. The Bertz CT molecular complexity index is 745. The van der Waals surface area contributed by atoms with Gasteiger partial charge in [-0.05, 0) is 30.4 Å². The van der Waals surface area contributed by atoms with Gasteiger partial charge in [-0.15, -0.1) is 11.3 Å². The van der Waals surface area contributed by atoms with Gasteiger partial charge in [-0.25, -0.2) is 0 Å². The predicted molar refractivity (Wildman–Crippen MR) is 99.4 cm³/mol. The number of amides is 1. The van der Waals surface area contributed by atoms with Gasteiger partial charge in [0.05, 0.1) is 9.80 Å². The molecule has 0 bridgehead atoms. The number of nitrogens with one attached hydrogen (secondary N) is 2. The van der Waals surface area contributed by atoms with Gasteiger partial charge in [0, 0.05) is 24.4 Å². The number of thiophene rings is 1. The summed E-state index contributed by atoms with van der Waals surface area (Å²) in [7, 11) is 0. The minimum absolute atomic E-state index is 0.0371. The van der Waals surface area contributed by atoms with Crippen molar-refractivity contribution in [2.45, 2.75) is 25.5 Å². The van der Waals surface area contributed by atoms with Crippen LogP contribution < -0.4 is 10.2 Å². The zero-order valence-electron chi connectivity index (χ0n) is 14.3. The summed E-state index contributed by atoms with van der Waals surface area (Å²) in [4.78, 5) is 25.2. The summed E-state index contributed by atoms with van der Waals surface area (Å²) >= 11 is 1.68. The summed E-state index contributed by atoms with van der Waals surface area (Å²) < 4.78 is 5.72. The molecular weight excluding hydrogens is 354 g/mol. The van der Waals surface area contributed by atoms with E-state index in [0.717, 1.165) is 37.4 Å². The van der Waals surface area contributed by atoms with Gasteiger partial charge in [-0.1, -0.05) is 12.1 Å². The van der Waals surface area contributed by atoms with Gasteiger partial charge >= 0.3 is 0 Å². The number of quaternary nitrogens is 1. The molecule has 3 rings (SSSR count). The van der Waals surface area contributed by atoms with E-state index >= 15 is 0 Å². The van der Waals surface area contributed by atoms with Crippen LogP contribution >= 0.6 is 11.3 Å². The molecule has 138 valence electrons. The second-order valence-electron chi connectivity index (χ2n) is 6.38. The minimum atomic E-state index is -0.471. The monoisotopic (exact) mass is 376 g/mol. The van der Waals surface area contributed by atoms with Crippen LogP contribution in [0.15, 0.2) is 41.8 Å². The Kier molecular flexibility index (Phi) is 6.32. The number of hydrogen-bond acceptors (Lipinski definition) is 5. The summed E-state index contributed by atoms with van der Waals surface area (Å²) in [5.74, 6) is -0.157. The third kappa shape index (κ3) is 5.35. The molecule has 1 fully saturated rings. The summed E-state index contributed by atoms with van der Waals surface area (Å²) in [6, 6.07) is 10.1. The molecule has 1 unspecified atom stereocenters. The van der Waals surface area contributed by atoms with Crippen LogP contribution in [0.3, 0.4) is 0 Å². The van der Waals surface area contributed by atoms with Gasteiger partial charge in [0.1, 0.15) is 19.2 Å². The molecule has 1 aliphatic rings. The fourth-order valence-electron chi connectivity index (χ4n) is 3.12. The maximum Gasteiger partial charge on any atom is 0.279 e. The van der Waals surface area contributed by atoms with E-state index in [9.17, 15) is 14.9 Å². The zero-order valence-corrected chi connectivity index (χ0v) is 15.2. The van der Waals surface area contributed by atoms with Crippen LogP contribution in [0.2, 0.25) is 0 Å². The number of hydrogen-bond donors (Lipinski definition) is 2. The molecule has 2 atom stereocenters. The number of rotatable bonds is 8. The molecule has 0 radical (unpaired) electrons. The summed E-state index contributed by atoms with van der Waals surface area (Å²) in [5.41, 5.74) is 0.404. The van der Waals surface area contributed by atoms with Gasteiger partial charge in [0.25, 0.3) is 11.6 Å². The Hall–Kier alpha value is -2.29. The smallest absolute Gasteiger partial charge is 0.279 e. The lowest BCUT2D eigenvalue weighted by atomic mass is 10.2. The van der Waals surface area contributed by atoms with Crippen molar-refractivity contribution in [3.8, 4) is 0 Å². The van der Waals surface area contributed by atoms with Crippen molar-refractivity contribution in [2.75, 3.05) is 25.0 Å². The van der Waals surface area contributed by atoms with Crippen LogP contribution in [-0.4, -0.2) is 36.6 Å². The van der Waals surface area contributed by atoms with Crippen molar-refractivity contribution in [2.24, 2.45) is 0 Å². The van der Waals surface area contributed by atoms with Gasteiger partial charge in [-0.3, -0.25) is 14.9 Å². The van der Waals surface area contributed by atoms with Crippen LogP contribution in [0, 0.1) is 10.1 Å². The molecule has 1 amide bonds. The fraction of sp³-hybridized carbons (Fsp3) is 0.389. The van der Waals surface area contributed by atoms with Gasteiger partial charge < -0.3 is 15.0 Å². The van der Waals surface area contributed by atoms with Crippen molar-refractivity contribution in [1.29, 1.82) is 0 Å². The normalized spacial score (nSPS) is 17.8. The van der Waals surface area contributed by atoms with Crippen molar-refractivity contribution in [3.63, 3.8) is 0 Å². The molecule has 26 heavy (non-hydrogen) atoms. The first-order chi connectivity index (χ1) is 12.6. The highest BCUT2D eigenvalue weighted by atomic mass is 32.1. The van der Waals surface area contributed by atoms with E-state index in [4.69, 9.17) is 4.74 Å². The van der Waals surface area contributed by atoms with Crippen LogP contribution in [-0.2, 0) is 16.1 Å². The van der Waals surface area contributed by atoms with E-state index in [2.05, 4.69) is 11.4 Å². The minimum Gasteiger partial charge on any atom is -0.372 e. The number of nitrogens with zero attached hydrogens (tertiary/aromatic N) is 1. The Labute approximate surface area is 155 Å². The highest BCUT2D eigenvalue weighted by molar-refractivity contribution is 7.09. The number of carbonyl (C=O) groups excluding carboxylic acids is 1. The average molecular weight is 376 g/mol. The predicted octanol–water partition coefficient (Wildman–Crippen LogP) is 1.86. The lowest BCUT2D eigenvalue weighted by Gasteiger charge is -2.21. The standard InChI is InChI=1S/C18H21N3O4S/c22-18(19-14-4-1-5-15(10-14)21(23)24)13-20(11-16-6-2-8-25-16)12-17-7-3-9-26-17/h1,3-5,7,9-10,16H,2,6,8,11-13H2,(H,19,22)/p+1/t16-/m0/s1. The number of nitro benzene ring substituents is 1. The first-order valence-corrected chi connectivity index (χ1v) is 9.50.